The number of carbonyl (C=O) groups is 1. The standard InChI is InChI=1S/C22H34N2O2/c1-17-12-14-24(15-13-17)21(18-8-10-20(26-2)11-9-18)16-23-22(25)19-6-4-3-5-7-19/h8-11,17,19,21H,3-7,12-16H2,1-2H3,(H,23,25). The summed E-state index contributed by atoms with van der Waals surface area (Å²) in [7, 11) is 1.70. The van der Waals surface area contributed by atoms with Crippen LogP contribution in [0.25, 0.3) is 0 Å². The molecule has 1 unspecified atom stereocenters. The number of methoxy groups -OCH3 is 1. The molecule has 0 bridgehead atoms. The van der Waals surface area contributed by atoms with Gasteiger partial charge in [-0.05, 0) is 62.4 Å². The predicted octanol–water partition coefficient (Wildman–Crippen LogP) is 4.16. The zero-order valence-electron chi connectivity index (χ0n) is 16.4. The number of likely N-dealkylation sites (tertiary alicyclic amines) is 1. The number of hydrogen-bond donors (Lipinski definition) is 1. The molecule has 1 N–H and O–H groups in total. The summed E-state index contributed by atoms with van der Waals surface area (Å²) in [5.41, 5.74) is 1.27. The van der Waals surface area contributed by atoms with E-state index in [1.165, 1.54) is 37.7 Å². The molecule has 1 saturated heterocycles. The molecule has 1 amide bonds. The Bertz CT molecular complexity index is 558. The largest absolute Gasteiger partial charge is 0.497 e. The van der Waals surface area contributed by atoms with E-state index in [1.807, 2.05) is 12.1 Å². The maximum atomic E-state index is 12.6. The maximum Gasteiger partial charge on any atom is 0.223 e. The number of rotatable bonds is 6. The highest BCUT2D eigenvalue weighted by atomic mass is 16.5. The number of nitrogens with one attached hydrogen (secondary N) is 1. The average Bonchev–Trinajstić information content (AvgIpc) is 2.70. The van der Waals surface area contributed by atoms with Crippen LogP contribution in [0.2, 0.25) is 0 Å². The highest BCUT2D eigenvalue weighted by Crippen LogP contribution is 2.28. The van der Waals surface area contributed by atoms with Gasteiger partial charge in [0.2, 0.25) is 5.91 Å². The first-order valence-corrected chi connectivity index (χ1v) is 10.3. The van der Waals surface area contributed by atoms with E-state index < -0.39 is 0 Å². The maximum absolute atomic E-state index is 12.6. The molecule has 3 rings (SSSR count). The van der Waals surface area contributed by atoms with Crippen molar-refractivity contribution < 1.29 is 9.53 Å². The molecule has 4 heteroatoms. The lowest BCUT2D eigenvalue weighted by atomic mass is 9.88. The SMILES string of the molecule is COc1ccc(C(CNC(=O)C2CCCCC2)N2CCC(C)CC2)cc1. The van der Waals surface area contributed by atoms with Gasteiger partial charge in [-0.3, -0.25) is 9.69 Å². The summed E-state index contributed by atoms with van der Waals surface area (Å²) in [5.74, 6) is 2.17. The van der Waals surface area contributed by atoms with E-state index in [-0.39, 0.29) is 17.9 Å². The van der Waals surface area contributed by atoms with Crippen molar-refractivity contribution in [2.45, 2.75) is 57.9 Å². The molecule has 1 saturated carbocycles. The number of benzene rings is 1. The summed E-state index contributed by atoms with van der Waals surface area (Å²) in [6.07, 6.45) is 8.27. The van der Waals surface area contributed by atoms with E-state index in [9.17, 15) is 4.79 Å². The van der Waals surface area contributed by atoms with E-state index in [0.29, 0.717) is 6.54 Å². The van der Waals surface area contributed by atoms with Crippen molar-refractivity contribution in [1.29, 1.82) is 0 Å². The predicted molar refractivity (Wildman–Crippen MR) is 105 cm³/mol. The third-order valence-corrected chi connectivity index (χ3v) is 6.21. The Hall–Kier alpha value is -1.55. The summed E-state index contributed by atoms with van der Waals surface area (Å²) in [4.78, 5) is 15.2. The summed E-state index contributed by atoms with van der Waals surface area (Å²) >= 11 is 0. The molecule has 2 fully saturated rings. The smallest absolute Gasteiger partial charge is 0.223 e. The topological polar surface area (TPSA) is 41.6 Å². The summed E-state index contributed by atoms with van der Waals surface area (Å²) in [6, 6.07) is 8.60. The summed E-state index contributed by atoms with van der Waals surface area (Å²) < 4.78 is 5.30. The fourth-order valence-electron chi connectivity index (χ4n) is 4.33. The Morgan fingerprint density at radius 2 is 1.77 bits per heavy atom. The van der Waals surface area contributed by atoms with Gasteiger partial charge in [0, 0.05) is 12.5 Å². The summed E-state index contributed by atoms with van der Waals surface area (Å²) in [6.45, 7) is 5.26. The average molecular weight is 359 g/mol. The van der Waals surface area contributed by atoms with E-state index in [1.54, 1.807) is 7.11 Å². The molecular weight excluding hydrogens is 324 g/mol. The van der Waals surface area contributed by atoms with Gasteiger partial charge in [-0.2, -0.15) is 0 Å². The number of carbonyl (C=O) groups excluding carboxylic acids is 1. The monoisotopic (exact) mass is 358 g/mol. The number of piperidine rings is 1. The van der Waals surface area contributed by atoms with E-state index >= 15 is 0 Å². The third-order valence-electron chi connectivity index (χ3n) is 6.21. The van der Waals surface area contributed by atoms with Crippen LogP contribution < -0.4 is 10.1 Å². The Balaban J connectivity index is 1.66. The normalized spacial score (nSPS) is 21.3. The van der Waals surface area contributed by atoms with Crippen molar-refractivity contribution >= 4 is 5.91 Å². The molecule has 1 atom stereocenters. The molecule has 0 aromatic heterocycles. The van der Waals surface area contributed by atoms with E-state index in [0.717, 1.165) is 37.6 Å². The van der Waals surface area contributed by atoms with Crippen LogP contribution in [0.4, 0.5) is 0 Å². The lowest BCUT2D eigenvalue weighted by Crippen LogP contribution is -2.43. The molecule has 144 valence electrons. The second-order valence-electron chi connectivity index (χ2n) is 8.09. The van der Waals surface area contributed by atoms with Crippen molar-refractivity contribution in [2.24, 2.45) is 11.8 Å². The molecule has 0 spiro atoms. The lowest BCUT2D eigenvalue weighted by Gasteiger charge is -2.37. The zero-order valence-corrected chi connectivity index (χ0v) is 16.4. The van der Waals surface area contributed by atoms with Gasteiger partial charge in [-0.25, -0.2) is 0 Å². The van der Waals surface area contributed by atoms with Gasteiger partial charge in [0.1, 0.15) is 5.75 Å². The van der Waals surface area contributed by atoms with Gasteiger partial charge < -0.3 is 10.1 Å². The Kier molecular flexibility index (Phi) is 6.95. The number of ether oxygens (including phenoxy) is 1. The Labute approximate surface area is 158 Å². The van der Waals surface area contributed by atoms with Crippen molar-refractivity contribution in [1.82, 2.24) is 10.2 Å². The highest BCUT2D eigenvalue weighted by molar-refractivity contribution is 5.78. The van der Waals surface area contributed by atoms with Gasteiger partial charge >= 0.3 is 0 Å². The number of amides is 1. The van der Waals surface area contributed by atoms with Gasteiger partial charge in [-0.15, -0.1) is 0 Å². The van der Waals surface area contributed by atoms with Gasteiger partial charge in [0.25, 0.3) is 0 Å². The van der Waals surface area contributed by atoms with Gasteiger partial charge in [-0.1, -0.05) is 38.3 Å². The third kappa shape index (κ3) is 5.00. The second-order valence-corrected chi connectivity index (χ2v) is 8.09. The fourth-order valence-corrected chi connectivity index (χ4v) is 4.33. The first kappa shape index (κ1) is 19.2. The first-order chi connectivity index (χ1) is 12.7. The second kappa shape index (κ2) is 9.40. The van der Waals surface area contributed by atoms with Crippen LogP contribution in [0.5, 0.6) is 5.75 Å². The van der Waals surface area contributed by atoms with Crippen LogP contribution in [0, 0.1) is 11.8 Å². The minimum Gasteiger partial charge on any atom is -0.497 e. The Morgan fingerprint density at radius 1 is 1.12 bits per heavy atom. The van der Waals surface area contributed by atoms with E-state index in [2.05, 4.69) is 29.3 Å². The first-order valence-electron chi connectivity index (χ1n) is 10.3. The van der Waals surface area contributed by atoms with Crippen LogP contribution in [0.15, 0.2) is 24.3 Å². The van der Waals surface area contributed by atoms with Crippen LogP contribution >= 0.6 is 0 Å². The molecule has 1 aliphatic heterocycles. The van der Waals surface area contributed by atoms with Crippen LogP contribution in [0.3, 0.4) is 0 Å². The number of hydrogen-bond acceptors (Lipinski definition) is 3. The van der Waals surface area contributed by atoms with Crippen molar-refractivity contribution in [3.63, 3.8) is 0 Å². The van der Waals surface area contributed by atoms with Crippen molar-refractivity contribution in [3.8, 4) is 5.75 Å². The van der Waals surface area contributed by atoms with Crippen molar-refractivity contribution in [2.75, 3.05) is 26.7 Å². The minimum absolute atomic E-state index is 0.224. The molecular formula is C22H34N2O2. The van der Waals surface area contributed by atoms with Crippen molar-refractivity contribution in [3.05, 3.63) is 29.8 Å². The summed E-state index contributed by atoms with van der Waals surface area (Å²) in [5, 5.41) is 3.28. The Morgan fingerprint density at radius 3 is 2.38 bits per heavy atom. The van der Waals surface area contributed by atoms with E-state index in [4.69, 9.17) is 4.74 Å². The molecule has 26 heavy (non-hydrogen) atoms. The zero-order chi connectivity index (χ0) is 18.4. The molecule has 1 aromatic rings. The van der Waals surface area contributed by atoms with Crippen LogP contribution in [-0.4, -0.2) is 37.6 Å². The molecule has 2 aliphatic rings. The molecule has 1 aliphatic carbocycles. The minimum atomic E-state index is 0.224. The fraction of sp³-hybridized carbons (Fsp3) is 0.682. The van der Waals surface area contributed by atoms with Gasteiger partial charge in [0.05, 0.1) is 13.2 Å². The van der Waals surface area contributed by atoms with Crippen LogP contribution in [-0.2, 0) is 4.79 Å². The highest BCUT2D eigenvalue weighted by Gasteiger charge is 2.27. The van der Waals surface area contributed by atoms with Crippen LogP contribution in [0.1, 0.15) is 63.5 Å². The molecule has 1 heterocycles. The number of nitrogens with zero attached hydrogens (tertiary/aromatic N) is 1. The van der Waals surface area contributed by atoms with Gasteiger partial charge in [0.15, 0.2) is 0 Å². The quantitative estimate of drug-likeness (QED) is 0.830. The lowest BCUT2D eigenvalue weighted by molar-refractivity contribution is -0.126. The molecule has 4 nitrogen and oxygen atoms in total. The molecule has 1 aromatic carbocycles. The molecule has 0 radical (unpaired) electrons.